The van der Waals surface area contributed by atoms with Crippen LogP contribution in [0.15, 0.2) is 47.4 Å². The molecule has 0 spiro atoms. The number of nitrogens with one attached hydrogen (secondary N) is 2. The van der Waals surface area contributed by atoms with Gasteiger partial charge < -0.3 is 14.8 Å². The van der Waals surface area contributed by atoms with Crippen molar-refractivity contribution in [2.24, 2.45) is 0 Å². The van der Waals surface area contributed by atoms with Gasteiger partial charge in [-0.3, -0.25) is 4.79 Å². The van der Waals surface area contributed by atoms with E-state index in [9.17, 15) is 17.6 Å². The first-order chi connectivity index (χ1) is 12.8. The lowest BCUT2D eigenvalue weighted by molar-refractivity contribution is -0.117. The molecule has 0 aliphatic rings. The molecule has 9 heteroatoms. The van der Waals surface area contributed by atoms with Crippen molar-refractivity contribution in [3.63, 3.8) is 0 Å². The minimum atomic E-state index is -3.96. The summed E-state index contributed by atoms with van der Waals surface area (Å²) < 4.78 is 50.4. The third-order valence-electron chi connectivity index (χ3n) is 3.58. The Labute approximate surface area is 157 Å². The van der Waals surface area contributed by atoms with Crippen molar-refractivity contribution >= 4 is 21.6 Å². The van der Waals surface area contributed by atoms with Crippen molar-refractivity contribution in [2.45, 2.75) is 24.8 Å². The number of hydrogen-bond donors (Lipinski definition) is 2. The molecule has 2 N–H and O–H groups in total. The lowest BCUT2D eigenvalue weighted by Gasteiger charge is -2.16. The molecule has 27 heavy (non-hydrogen) atoms. The van der Waals surface area contributed by atoms with Crippen molar-refractivity contribution < 1.29 is 27.1 Å². The number of carbonyl (C=O) groups excluding carboxylic acids is 1. The van der Waals surface area contributed by atoms with E-state index >= 15 is 0 Å². The van der Waals surface area contributed by atoms with Crippen LogP contribution in [0.2, 0.25) is 0 Å². The van der Waals surface area contributed by atoms with Gasteiger partial charge in [-0.05, 0) is 50.2 Å². The average Bonchev–Trinajstić information content (AvgIpc) is 2.63. The highest BCUT2D eigenvalue weighted by molar-refractivity contribution is 7.89. The molecule has 0 radical (unpaired) electrons. The maximum atomic E-state index is 12.9. The molecule has 0 fully saturated rings. The van der Waals surface area contributed by atoms with E-state index in [1.165, 1.54) is 14.0 Å². The highest BCUT2D eigenvalue weighted by atomic mass is 32.2. The summed E-state index contributed by atoms with van der Waals surface area (Å²) in [5, 5.41) is 2.61. The van der Waals surface area contributed by atoms with E-state index in [1.807, 2.05) is 6.92 Å². The molecule has 1 amide bonds. The lowest BCUT2D eigenvalue weighted by atomic mass is 10.2. The fraction of sp³-hybridized carbons (Fsp3) is 0.278. The molecule has 146 valence electrons. The van der Waals surface area contributed by atoms with Crippen molar-refractivity contribution in [1.82, 2.24) is 4.72 Å². The Morgan fingerprint density at radius 2 is 1.81 bits per heavy atom. The molecule has 0 saturated carbocycles. The van der Waals surface area contributed by atoms with Gasteiger partial charge in [0, 0.05) is 11.8 Å². The Balaban J connectivity index is 2.08. The summed E-state index contributed by atoms with van der Waals surface area (Å²) in [6.45, 7) is 3.70. The normalized spacial score (nSPS) is 12.3. The van der Waals surface area contributed by atoms with E-state index < -0.39 is 27.8 Å². The number of rotatable bonds is 8. The number of sulfonamides is 1. The number of amides is 1. The molecule has 0 aromatic heterocycles. The van der Waals surface area contributed by atoms with Crippen molar-refractivity contribution in [1.29, 1.82) is 0 Å². The first kappa shape index (κ1) is 20.7. The minimum absolute atomic E-state index is 0.133. The molecule has 0 saturated heterocycles. The zero-order valence-electron chi connectivity index (χ0n) is 15.2. The van der Waals surface area contributed by atoms with E-state index in [-0.39, 0.29) is 4.90 Å². The second kappa shape index (κ2) is 8.83. The molecule has 0 bridgehead atoms. The van der Waals surface area contributed by atoms with Gasteiger partial charge in [0.1, 0.15) is 5.82 Å². The van der Waals surface area contributed by atoms with Crippen LogP contribution in [0, 0.1) is 5.82 Å². The molecule has 7 nitrogen and oxygen atoms in total. The van der Waals surface area contributed by atoms with Crippen LogP contribution in [0.25, 0.3) is 0 Å². The summed E-state index contributed by atoms with van der Waals surface area (Å²) in [5.74, 6) is -0.145. The maximum Gasteiger partial charge on any atom is 0.242 e. The summed E-state index contributed by atoms with van der Waals surface area (Å²) in [6, 6.07) is 8.09. The number of carbonyl (C=O) groups is 1. The molecule has 0 aliphatic heterocycles. The molecule has 0 aliphatic carbocycles. The maximum absolute atomic E-state index is 12.9. The summed E-state index contributed by atoms with van der Waals surface area (Å²) >= 11 is 0. The van der Waals surface area contributed by atoms with Crippen LogP contribution in [-0.4, -0.2) is 34.1 Å². The smallest absolute Gasteiger partial charge is 0.242 e. The Bertz CT molecular complexity index is 900. The predicted molar refractivity (Wildman–Crippen MR) is 99.0 cm³/mol. The van der Waals surface area contributed by atoms with Crippen LogP contribution >= 0.6 is 0 Å². The molecule has 1 atom stereocenters. The number of halogens is 1. The van der Waals surface area contributed by atoms with Crippen LogP contribution in [0.1, 0.15) is 13.8 Å². The SMILES string of the molecule is CCOc1ccc(NC(=O)[C@H](C)NS(=O)(=O)c2ccc(F)cc2)cc1OC. The summed E-state index contributed by atoms with van der Waals surface area (Å²) in [7, 11) is -2.49. The first-order valence-electron chi connectivity index (χ1n) is 8.16. The molecule has 0 heterocycles. The van der Waals surface area contributed by atoms with Crippen LogP contribution in [0.5, 0.6) is 11.5 Å². The quantitative estimate of drug-likeness (QED) is 0.715. The highest BCUT2D eigenvalue weighted by Gasteiger charge is 2.22. The van der Waals surface area contributed by atoms with Crippen molar-refractivity contribution in [2.75, 3.05) is 19.0 Å². The van der Waals surface area contributed by atoms with Crippen LogP contribution in [0.4, 0.5) is 10.1 Å². The second-order valence-corrected chi connectivity index (χ2v) is 7.30. The van der Waals surface area contributed by atoms with Crippen LogP contribution in [-0.2, 0) is 14.8 Å². The predicted octanol–water partition coefficient (Wildman–Crippen LogP) is 2.54. The van der Waals surface area contributed by atoms with Gasteiger partial charge in [-0.15, -0.1) is 0 Å². The standard InChI is InChI=1S/C18H21FN2O5S/c1-4-26-16-10-7-14(11-17(16)25-3)20-18(22)12(2)21-27(23,24)15-8-5-13(19)6-9-15/h5-12,21H,4H2,1-3H3,(H,20,22)/t12-/m0/s1. The highest BCUT2D eigenvalue weighted by Crippen LogP contribution is 2.30. The van der Waals surface area contributed by atoms with Gasteiger partial charge in [-0.1, -0.05) is 0 Å². The Kier molecular flexibility index (Phi) is 6.75. The van der Waals surface area contributed by atoms with E-state index in [2.05, 4.69) is 10.0 Å². The van der Waals surface area contributed by atoms with Crippen molar-refractivity contribution in [3.05, 3.63) is 48.3 Å². The molecule has 2 aromatic rings. The number of ether oxygens (including phenoxy) is 2. The van der Waals surface area contributed by atoms with Gasteiger partial charge in [0.25, 0.3) is 0 Å². The minimum Gasteiger partial charge on any atom is -0.493 e. The van der Waals surface area contributed by atoms with Gasteiger partial charge in [-0.25, -0.2) is 12.8 Å². The zero-order chi connectivity index (χ0) is 20.0. The van der Waals surface area contributed by atoms with Crippen molar-refractivity contribution in [3.8, 4) is 11.5 Å². The second-order valence-electron chi connectivity index (χ2n) is 5.58. The largest absolute Gasteiger partial charge is 0.493 e. The topological polar surface area (TPSA) is 93.7 Å². The Morgan fingerprint density at radius 3 is 2.41 bits per heavy atom. The number of anilines is 1. The summed E-state index contributed by atoms with van der Waals surface area (Å²) in [4.78, 5) is 12.2. The number of hydrogen-bond acceptors (Lipinski definition) is 5. The Hall–Kier alpha value is -2.65. The molecule has 2 rings (SSSR count). The third kappa shape index (κ3) is 5.41. The molecule has 0 unspecified atom stereocenters. The fourth-order valence-electron chi connectivity index (χ4n) is 2.24. The van der Waals surface area contributed by atoms with Crippen LogP contribution in [0.3, 0.4) is 0 Å². The van der Waals surface area contributed by atoms with E-state index in [0.717, 1.165) is 24.3 Å². The zero-order valence-corrected chi connectivity index (χ0v) is 16.0. The van der Waals surface area contributed by atoms with E-state index in [4.69, 9.17) is 9.47 Å². The number of methoxy groups -OCH3 is 1. The summed E-state index contributed by atoms with van der Waals surface area (Å²) in [5.41, 5.74) is 0.424. The number of benzene rings is 2. The molecule has 2 aromatic carbocycles. The van der Waals surface area contributed by atoms with Gasteiger partial charge >= 0.3 is 0 Å². The summed E-state index contributed by atoms with van der Waals surface area (Å²) in [6.07, 6.45) is 0. The van der Waals surface area contributed by atoms with Gasteiger partial charge in [-0.2, -0.15) is 4.72 Å². The van der Waals surface area contributed by atoms with Gasteiger partial charge in [0.2, 0.25) is 15.9 Å². The average molecular weight is 396 g/mol. The lowest BCUT2D eigenvalue weighted by Crippen LogP contribution is -2.41. The Morgan fingerprint density at radius 1 is 1.15 bits per heavy atom. The third-order valence-corrected chi connectivity index (χ3v) is 5.14. The van der Waals surface area contributed by atoms with Crippen LogP contribution < -0.4 is 19.5 Å². The van der Waals surface area contributed by atoms with E-state index in [0.29, 0.717) is 23.8 Å². The first-order valence-corrected chi connectivity index (χ1v) is 9.64. The monoisotopic (exact) mass is 396 g/mol. The fourth-order valence-corrected chi connectivity index (χ4v) is 3.44. The molecular weight excluding hydrogens is 375 g/mol. The molecular formula is C18H21FN2O5S. The van der Waals surface area contributed by atoms with E-state index in [1.54, 1.807) is 18.2 Å². The van der Waals surface area contributed by atoms with Gasteiger partial charge in [0.15, 0.2) is 11.5 Å². The van der Waals surface area contributed by atoms with Gasteiger partial charge in [0.05, 0.1) is 24.7 Å².